The maximum absolute atomic E-state index is 12.3. The number of aromatic nitrogens is 3. The minimum atomic E-state index is -1.94. The summed E-state index contributed by atoms with van der Waals surface area (Å²) in [5, 5.41) is 3.30. The summed E-state index contributed by atoms with van der Waals surface area (Å²) >= 11 is 0. The van der Waals surface area contributed by atoms with E-state index in [1.54, 1.807) is 0 Å². The molecule has 5 N–H and O–H groups in total. The van der Waals surface area contributed by atoms with Crippen molar-refractivity contribution in [2.45, 2.75) is 97.1 Å². The van der Waals surface area contributed by atoms with Crippen molar-refractivity contribution in [1.29, 1.82) is 0 Å². The second-order valence-electron chi connectivity index (χ2n) is 11.1. The highest BCUT2D eigenvalue weighted by Crippen LogP contribution is 2.30. The lowest BCUT2D eigenvalue weighted by Gasteiger charge is -2.41. The third-order valence-corrected chi connectivity index (χ3v) is 12.3. The number of carbonyl (C=O) groups excluding carboxylic acids is 2. The molecule has 1 aliphatic heterocycles. The Hall–Kier alpha value is -3.25. The van der Waals surface area contributed by atoms with Crippen molar-refractivity contribution in [1.82, 2.24) is 15.0 Å². The van der Waals surface area contributed by atoms with Crippen LogP contribution >= 0.6 is 0 Å². The number of hydrogen-bond acceptors (Lipinski definition) is 9. The zero-order valence-electron chi connectivity index (χ0n) is 24.9. The van der Waals surface area contributed by atoms with Gasteiger partial charge < -0.3 is 30.8 Å². The van der Waals surface area contributed by atoms with Gasteiger partial charge in [0.15, 0.2) is 8.32 Å². The zero-order valence-corrected chi connectivity index (χ0v) is 25.9. The molecule has 2 aromatic rings. The lowest BCUT2D eigenvalue weighted by molar-refractivity contribution is 0.0516. The van der Waals surface area contributed by atoms with E-state index in [1.165, 1.54) is 6.20 Å². The first-order chi connectivity index (χ1) is 18.9. The Morgan fingerprint density at radius 3 is 2.08 bits per heavy atom. The Kier molecular flexibility index (Phi) is 10.5. The van der Waals surface area contributed by atoms with E-state index in [0.29, 0.717) is 31.3 Å². The van der Waals surface area contributed by atoms with Crippen LogP contribution < -0.4 is 21.7 Å². The summed E-state index contributed by atoms with van der Waals surface area (Å²) < 4.78 is 12.2. The summed E-state index contributed by atoms with van der Waals surface area (Å²) in [5.41, 5.74) is 13.9. The molecule has 0 aromatic carbocycles. The minimum absolute atomic E-state index is 0.168. The van der Waals surface area contributed by atoms with Crippen molar-refractivity contribution in [2.24, 2.45) is 11.5 Å². The lowest BCUT2D eigenvalue weighted by Crippen LogP contribution is -2.53. The molecule has 0 spiro atoms. The number of carbonyl (C=O) groups is 2. The molecule has 1 fully saturated rings. The number of piperidine rings is 1. The Morgan fingerprint density at radius 2 is 1.57 bits per heavy atom. The smallest absolute Gasteiger partial charge is 0.404 e. The second kappa shape index (κ2) is 13.4. The van der Waals surface area contributed by atoms with Gasteiger partial charge in [0.25, 0.3) is 5.91 Å². The quantitative estimate of drug-likeness (QED) is 0.297. The predicted octanol–water partition coefficient (Wildman–Crippen LogP) is 5.03. The van der Waals surface area contributed by atoms with E-state index in [9.17, 15) is 9.59 Å². The van der Waals surface area contributed by atoms with E-state index in [4.69, 9.17) is 30.6 Å². The molecule has 2 aromatic heterocycles. The molecule has 0 aliphatic carbocycles. The number of ether oxygens (including phenoxy) is 1. The van der Waals surface area contributed by atoms with Gasteiger partial charge in [-0.2, -0.15) is 4.98 Å². The highest BCUT2D eigenvalue weighted by molar-refractivity contribution is 6.73. The van der Waals surface area contributed by atoms with Gasteiger partial charge in [0, 0.05) is 36.2 Å². The van der Waals surface area contributed by atoms with Crippen LogP contribution in [0.2, 0.25) is 18.1 Å². The Balaban J connectivity index is 1.99. The molecule has 1 aliphatic rings. The van der Waals surface area contributed by atoms with Crippen molar-refractivity contribution in [3.05, 3.63) is 35.3 Å². The van der Waals surface area contributed by atoms with Gasteiger partial charge >= 0.3 is 6.09 Å². The second-order valence-corrected chi connectivity index (χ2v) is 15.8. The van der Waals surface area contributed by atoms with E-state index < -0.39 is 26.4 Å². The molecule has 0 radical (unpaired) electrons. The fourth-order valence-electron chi connectivity index (χ4n) is 5.04. The Morgan fingerprint density at radius 1 is 1.00 bits per heavy atom. The Bertz CT molecular complexity index is 1150. The van der Waals surface area contributed by atoms with Crippen LogP contribution in [0.4, 0.5) is 22.2 Å². The van der Waals surface area contributed by atoms with E-state index >= 15 is 0 Å². The molecule has 0 unspecified atom stereocenters. The van der Waals surface area contributed by atoms with Crippen molar-refractivity contribution in [2.75, 3.05) is 23.3 Å². The number of rotatable bonds is 12. The normalized spacial score (nSPS) is 17.8. The molecule has 11 nitrogen and oxygen atoms in total. The summed E-state index contributed by atoms with van der Waals surface area (Å²) in [6.07, 6.45) is 0.488. The number of hydrogen-bond donors (Lipinski definition) is 3. The predicted molar refractivity (Wildman–Crippen MR) is 160 cm³/mol. The highest BCUT2D eigenvalue weighted by Gasteiger charge is 2.38. The molecule has 12 heteroatoms. The average Bonchev–Trinajstić information content (AvgIpc) is 2.91. The van der Waals surface area contributed by atoms with Crippen molar-refractivity contribution in [3.8, 4) is 0 Å². The Labute approximate surface area is 238 Å². The first kappa shape index (κ1) is 31.3. The van der Waals surface area contributed by atoms with Gasteiger partial charge in [-0.3, -0.25) is 9.78 Å². The van der Waals surface area contributed by atoms with Crippen LogP contribution in [0, 0.1) is 0 Å². The van der Waals surface area contributed by atoms with E-state index in [-0.39, 0.29) is 23.5 Å². The van der Waals surface area contributed by atoms with Gasteiger partial charge in [-0.05, 0) is 42.1 Å². The topological polar surface area (TPSA) is 159 Å². The van der Waals surface area contributed by atoms with E-state index in [0.717, 1.165) is 35.2 Å². The van der Waals surface area contributed by atoms with E-state index in [1.807, 2.05) is 17.0 Å². The van der Waals surface area contributed by atoms with Crippen LogP contribution in [0.15, 0.2) is 18.3 Å². The third-order valence-electron chi connectivity index (χ3n) is 7.64. The standard InChI is InChI=1S/C28H45N7O4Si/c1-8-40(9-2,10-3)39-21-13-20(38-27(30)37)15-35(16-21)28-31-14-22(25(29)36)26(34-28)32-19-11-23(17(4)5)33-24(12-19)18(6)7/h11-12,14,17-18,20-21H,8-10,13,15-16H2,1-7H3,(H2,29,36)(H2,30,37)(H,31,32,33,34)/t20-,21-/m0/s1. The maximum Gasteiger partial charge on any atom is 0.404 e. The van der Waals surface area contributed by atoms with Crippen molar-refractivity contribution in [3.63, 3.8) is 0 Å². The third kappa shape index (κ3) is 7.69. The number of anilines is 3. The molecule has 2 atom stereocenters. The first-order valence-corrected chi connectivity index (χ1v) is 16.8. The fraction of sp³-hybridized carbons (Fsp3) is 0.607. The van der Waals surface area contributed by atoms with Crippen molar-refractivity contribution < 1.29 is 18.8 Å². The van der Waals surface area contributed by atoms with Crippen LogP contribution in [0.25, 0.3) is 0 Å². The molecule has 1 saturated heterocycles. The highest BCUT2D eigenvalue weighted by atomic mass is 28.4. The summed E-state index contributed by atoms with van der Waals surface area (Å²) in [5.74, 6) is 0.457. The van der Waals surface area contributed by atoms with Crippen LogP contribution in [0.1, 0.15) is 88.5 Å². The summed E-state index contributed by atoms with van der Waals surface area (Å²) in [7, 11) is -1.94. The molecule has 3 heterocycles. The average molecular weight is 572 g/mol. The maximum atomic E-state index is 12.3. The summed E-state index contributed by atoms with van der Waals surface area (Å²) in [6.45, 7) is 15.7. The van der Waals surface area contributed by atoms with E-state index in [2.05, 4.69) is 58.8 Å². The largest absolute Gasteiger partial charge is 0.444 e. The van der Waals surface area contributed by atoms with Crippen LogP contribution in [0.5, 0.6) is 0 Å². The van der Waals surface area contributed by atoms with Crippen LogP contribution in [-0.4, -0.2) is 60.6 Å². The molecular formula is C28H45N7O4Si. The zero-order chi connectivity index (χ0) is 29.6. The SMILES string of the molecule is CC[Si](CC)(CC)O[C@H]1C[C@H](OC(N)=O)CN(c2ncc(C(N)=O)c(Nc3cc(C(C)C)nc(C(C)C)c3)n2)C1. The number of primary amides is 2. The molecule has 0 saturated carbocycles. The minimum Gasteiger partial charge on any atom is -0.444 e. The van der Waals surface area contributed by atoms with Gasteiger partial charge in [0.1, 0.15) is 17.5 Å². The monoisotopic (exact) mass is 571 g/mol. The van der Waals surface area contributed by atoms with Gasteiger partial charge in [-0.25, -0.2) is 9.78 Å². The van der Waals surface area contributed by atoms with Gasteiger partial charge in [-0.15, -0.1) is 0 Å². The molecule has 3 rings (SSSR count). The fourth-order valence-corrected chi connectivity index (χ4v) is 7.91. The summed E-state index contributed by atoms with van der Waals surface area (Å²) in [6, 6.07) is 6.90. The number of nitrogens with two attached hydrogens (primary N) is 2. The molecular weight excluding hydrogens is 526 g/mol. The summed E-state index contributed by atoms with van der Waals surface area (Å²) in [4.78, 5) is 39.9. The van der Waals surface area contributed by atoms with Crippen molar-refractivity contribution >= 4 is 37.8 Å². The number of nitrogens with zero attached hydrogens (tertiary/aromatic N) is 4. The number of nitrogens with one attached hydrogen (secondary N) is 1. The van der Waals surface area contributed by atoms with Gasteiger partial charge in [0.05, 0.1) is 12.6 Å². The lowest BCUT2D eigenvalue weighted by atomic mass is 10.0. The molecule has 0 bridgehead atoms. The molecule has 40 heavy (non-hydrogen) atoms. The van der Waals surface area contributed by atoms with Crippen LogP contribution in [-0.2, 0) is 9.16 Å². The molecule has 220 valence electrons. The molecule has 2 amide bonds. The van der Waals surface area contributed by atoms with Gasteiger partial charge in [0.2, 0.25) is 5.95 Å². The number of amides is 2. The number of pyridine rings is 1. The van der Waals surface area contributed by atoms with Crippen LogP contribution in [0.3, 0.4) is 0 Å². The first-order valence-electron chi connectivity index (χ1n) is 14.2. The van der Waals surface area contributed by atoms with Gasteiger partial charge in [-0.1, -0.05) is 48.5 Å².